The Balaban J connectivity index is 2.59. The second-order valence-corrected chi connectivity index (χ2v) is 3.18. The lowest BCUT2D eigenvalue weighted by Gasteiger charge is -2.04. The van der Waals surface area contributed by atoms with Gasteiger partial charge in [0.2, 0.25) is 0 Å². The van der Waals surface area contributed by atoms with E-state index in [1.807, 2.05) is 6.07 Å². The average molecular weight is 178 g/mol. The summed E-state index contributed by atoms with van der Waals surface area (Å²) >= 11 is 0. The highest BCUT2D eigenvalue weighted by atomic mass is 16.6. The van der Waals surface area contributed by atoms with E-state index in [9.17, 15) is 10.1 Å². The number of nitrogens with zero attached hydrogens (tertiary/aromatic N) is 1. The van der Waals surface area contributed by atoms with Crippen molar-refractivity contribution < 1.29 is 4.92 Å². The van der Waals surface area contributed by atoms with Crippen molar-refractivity contribution >= 4 is 11.4 Å². The minimum Gasteiger partial charge on any atom is -0.384 e. The third kappa shape index (κ3) is 1.14. The van der Waals surface area contributed by atoms with Gasteiger partial charge in [-0.1, -0.05) is 6.07 Å². The van der Waals surface area contributed by atoms with Crippen LogP contribution in [0.15, 0.2) is 12.1 Å². The van der Waals surface area contributed by atoms with E-state index in [2.05, 4.69) is 5.32 Å². The lowest BCUT2D eigenvalue weighted by atomic mass is 10.1. The van der Waals surface area contributed by atoms with Gasteiger partial charge in [0.05, 0.1) is 10.5 Å². The molecule has 1 N–H and O–H groups in total. The van der Waals surface area contributed by atoms with Gasteiger partial charge in [-0.3, -0.25) is 10.1 Å². The van der Waals surface area contributed by atoms with Crippen LogP contribution >= 0.6 is 0 Å². The van der Waals surface area contributed by atoms with Gasteiger partial charge >= 0.3 is 0 Å². The zero-order valence-electron chi connectivity index (χ0n) is 7.33. The average Bonchev–Trinajstić information content (AvgIpc) is 2.52. The topological polar surface area (TPSA) is 55.2 Å². The summed E-state index contributed by atoms with van der Waals surface area (Å²) < 4.78 is 0. The third-order valence-electron chi connectivity index (χ3n) is 2.42. The van der Waals surface area contributed by atoms with E-state index in [0.29, 0.717) is 0 Å². The summed E-state index contributed by atoms with van der Waals surface area (Å²) in [6, 6.07) is 3.42. The molecule has 0 amide bonds. The van der Waals surface area contributed by atoms with Crippen molar-refractivity contribution in [3.8, 4) is 0 Å². The van der Waals surface area contributed by atoms with Gasteiger partial charge < -0.3 is 5.32 Å². The summed E-state index contributed by atoms with van der Waals surface area (Å²) in [5.41, 5.74) is 3.09. The van der Waals surface area contributed by atoms with Crippen molar-refractivity contribution in [3.05, 3.63) is 33.4 Å². The minimum atomic E-state index is -0.338. The van der Waals surface area contributed by atoms with Crippen molar-refractivity contribution in [1.82, 2.24) is 0 Å². The van der Waals surface area contributed by atoms with Crippen LogP contribution < -0.4 is 5.32 Å². The van der Waals surface area contributed by atoms with Crippen LogP contribution in [0.3, 0.4) is 0 Å². The molecule has 0 fully saturated rings. The monoisotopic (exact) mass is 178 g/mol. The maximum absolute atomic E-state index is 10.6. The Kier molecular flexibility index (Phi) is 1.69. The number of hydrogen-bond donors (Lipinski definition) is 1. The number of nitro groups is 1. The number of benzene rings is 1. The molecule has 68 valence electrons. The molecule has 4 nitrogen and oxygen atoms in total. The minimum absolute atomic E-state index is 0.202. The van der Waals surface area contributed by atoms with Crippen LogP contribution in [-0.4, -0.2) is 11.5 Å². The standard InChI is InChI=1S/C9H10N2O2/c1-6-8(11(12)13)3-2-7-4-5-10-9(6)7/h2-3,10H,4-5H2,1H3. The van der Waals surface area contributed by atoms with Crippen molar-refractivity contribution in [2.45, 2.75) is 13.3 Å². The number of hydrogen-bond acceptors (Lipinski definition) is 3. The fourth-order valence-corrected chi connectivity index (χ4v) is 1.73. The molecule has 0 saturated carbocycles. The van der Waals surface area contributed by atoms with Crippen molar-refractivity contribution in [2.75, 3.05) is 11.9 Å². The number of nitrogens with one attached hydrogen (secondary N) is 1. The van der Waals surface area contributed by atoms with Crippen molar-refractivity contribution in [2.24, 2.45) is 0 Å². The van der Waals surface area contributed by atoms with E-state index >= 15 is 0 Å². The normalized spacial score (nSPS) is 13.6. The van der Waals surface area contributed by atoms with E-state index in [1.54, 1.807) is 13.0 Å². The van der Waals surface area contributed by atoms with Gasteiger partial charge in [0.25, 0.3) is 5.69 Å². The molecule has 0 radical (unpaired) electrons. The Bertz CT molecular complexity index is 374. The first-order chi connectivity index (χ1) is 6.20. The molecule has 1 aromatic rings. The zero-order valence-corrected chi connectivity index (χ0v) is 7.33. The van der Waals surface area contributed by atoms with E-state index in [1.165, 1.54) is 5.56 Å². The highest BCUT2D eigenvalue weighted by molar-refractivity contribution is 5.67. The first-order valence-corrected chi connectivity index (χ1v) is 4.21. The Morgan fingerprint density at radius 1 is 1.54 bits per heavy atom. The zero-order chi connectivity index (χ0) is 9.42. The molecule has 0 bridgehead atoms. The van der Waals surface area contributed by atoms with E-state index in [0.717, 1.165) is 24.2 Å². The summed E-state index contributed by atoms with van der Waals surface area (Å²) in [5.74, 6) is 0. The predicted octanol–water partition coefficient (Wildman–Crippen LogP) is 1.87. The Morgan fingerprint density at radius 3 is 3.00 bits per heavy atom. The van der Waals surface area contributed by atoms with Crippen molar-refractivity contribution in [3.63, 3.8) is 0 Å². The van der Waals surface area contributed by atoms with Crippen LogP contribution in [-0.2, 0) is 6.42 Å². The molecule has 13 heavy (non-hydrogen) atoms. The van der Waals surface area contributed by atoms with Crippen molar-refractivity contribution in [1.29, 1.82) is 0 Å². The first-order valence-electron chi connectivity index (χ1n) is 4.21. The molecule has 0 atom stereocenters. The molecule has 2 rings (SSSR count). The van der Waals surface area contributed by atoms with Crippen LogP contribution in [0.5, 0.6) is 0 Å². The lowest BCUT2D eigenvalue weighted by Crippen LogP contribution is -1.96. The van der Waals surface area contributed by atoms with Gasteiger partial charge in [-0.25, -0.2) is 0 Å². The Labute approximate surface area is 75.7 Å². The number of fused-ring (bicyclic) bond motifs is 1. The maximum Gasteiger partial charge on any atom is 0.274 e. The molecular weight excluding hydrogens is 168 g/mol. The van der Waals surface area contributed by atoms with E-state index in [4.69, 9.17) is 0 Å². The first kappa shape index (κ1) is 8.04. The van der Waals surface area contributed by atoms with Gasteiger partial charge in [0.1, 0.15) is 0 Å². The second-order valence-electron chi connectivity index (χ2n) is 3.18. The summed E-state index contributed by atoms with van der Waals surface area (Å²) in [6.07, 6.45) is 0.966. The Hall–Kier alpha value is -1.58. The fraction of sp³-hybridized carbons (Fsp3) is 0.333. The molecule has 0 aliphatic carbocycles. The summed E-state index contributed by atoms with van der Waals surface area (Å²) in [5, 5.41) is 13.8. The molecular formula is C9H10N2O2. The fourth-order valence-electron chi connectivity index (χ4n) is 1.73. The number of nitro benzene ring substituents is 1. The third-order valence-corrected chi connectivity index (χ3v) is 2.42. The summed E-state index contributed by atoms with van der Waals surface area (Å²) in [6.45, 7) is 2.67. The summed E-state index contributed by atoms with van der Waals surface area (Å²) in [7, 11) is 0. The Morgan fingerprint density at radius 2 is 2.31 bits per heavy atom. The van der Waals surface area contributed by atoms with Crippen LogP contribution in [0.4, 0.5) is 11.4 Å². The van der Waals surface area contributed by atoms with Gasteiger partial charge in [-0.05, 0) is 18.9 Å². The number of anilines is 1. The van der Waals surface area contributed by atoms with Gasteiger partial charge in [0.15, 0.2) is 0 Å². The molecule has 1 aliphatic rings. The maximum atomic E-state index is 10.6. The highest BCUT2D eigenvalue weighted by Crippen LogP contribution is 2.32. The predicted molar refractivity (Wildman–Crippen MR) is 50.0 cm³/mol. The van der Waals surface area contributed by atoms with Crippen LogP contribution in [0.1, 0.15) is 11.1 Å². The molecule has 1 heterocycles. The van der Waals surface area contributed by atoms with E-state index in [-0.39, 0.29) is 10.6 Å². The largest absolute Gasteiger partial charge is 0.384 e. The van der Waals surface area contributed by atoms with Crippen LogP contribution in [0.2, 0.25) is 0 Å². The highest BCUT2D eigenvalue weighted by Gasteiger charge is 2.19. The van der Waals surface area contributed by atoms with Crippen LogP contribution in [0.25, 0.3) is 0 Å². The lowest BCUT2D eigenvalue weighted by molar-refractivity contribution is -0.385. The molecule has 0 spiro atoms. The summed E-state index contributed by atoms with van der Waals surface area (Å²) in [4.78, 5) is 10.3. The van der Waals surface area contributed by atoms with Gasteiger partial charge in [0, 0.05) is 18.3 Å². The SMILES string of the molecule is Cc1c([N+](=O)[O-])ccc2c1NCC2. The molecule has 1 aromatic carbocycles. The molecule has 1 aliphatic heterocycles. The molecule has 0 saturated heterocycles. The molecule has 0 unspecified atom stereocenters. The molecule has 4 heteroatoms. The van der Waals surface area contributed by atoms with Gasteiger partial charge in [-0.15, -0.1) is 0 Å². The molecule has 0 aromatic heterocycles. The number of rotatable bonds is 1. The second kappa shape index (κ2) is 2.73. The van der Waals surface area contributed by atoms with E-state index < -0.39 is 0 Å². The van der Waals surface area contributed by atoms with Crippen LogP contribution in [0, 0.1) is 17.0 Å². The quantitative estimate of drug-likeness (QED) is 0.527. The smallest absolute Gasteiger partial charge is 0.274 e. The van der Waals surface area contributed by atoms with Gasteiger partial charge in [-0.2, -0.15) is 0 Å².